The van der Waals surface area contributed by atoms with E-state index in [9.17, 15) is 13.5 Å². The number of imidazole rings is 1. The summed E-state index contributed by atoms with van der Waals surface area (Å²) in [5.74, 6) is 0.795. The summed E-state index contributed by atoms with van der Waals surface area (Å²) < 4.78 is 25.9. The van der Waals surface area contributed by atoms with E-state index in [0.29, 0.717) is 25.2 Å². The van der Waals surface area contributed by atoms with Crippen molar-refractivity contribution in [3.8, 4) is 0 Å². The number of H-pyrrole nitrogens is 1. The molecule has 102 valence electrons. The van der Waals surface area contributed by atoms with Gasteiger partial charge in [0.05, 0.1) is 12.3 Å². The van der Waals surface area contributed by atoms with E-state index >= 15 is 0 Å². The number of aryl methyl sites for hydroxylation is 1. The Hall–Kier alpha value is -0.920. The molecule has 2 heterocycles. The van der Waals surface area contributed by atoms with Gasteiger partial charge in [0.15, 0.2) is 5.03 Å². The average Bonchev–Trinajstić information content (AvgIpc) is 2.81. The van der Waals surface area contributed by atoms with Crippen LogP contribution in [0.2, 0.25) is 0 Å². The largest absolute Gasteiger partial charge is 0.391 e. The first-order valence-corrected chi connectivity index (χ1v) is 7.61. The standard InChI is InChI=1S/C11H19N3O3S/c1-3-10-12-6-11(13-10)18(16,17)14-5-4-8(2)9(15)7-14/h6,8-9,15H,3-5,7H2,1-2H3,(H,12,13). The molecule has 1 fully saturated rings. The fraction of sp³-hybridized carbons (Fsp3) is 0.727. The summed E-state index contributed by atoms with van der Waals surface area (Å²) in [6.07, 6.45) is 2.09. The first-order chi connectivity index (χ1) is 8.45. The van der Waals surface area contributed by atoms with Crippen LogP contribution in [0.1, 0.15) is 26.1 Å². The lowest BCUT2D eigenvalue weighted by Gasteiger charge is -2.32. The van der Waals surface area contributed by atoms with Gasteiger partial charge in [-0.05, 0) is 12.3 Å². The van der Waals surface area contributed by atoms with Crippen molar-refractivity contribution in [3.63, 3.8) is 0 Å². The molecule has 0 bridgehead atoms. The molecule has 2 rings (SSSR count). The third kappa shape index (κ3) is 2.43. The van der Waals surface area contributed by atoms with Crippen LogP contribution in [0, 0.1) is 5.92 Å². The number of sulfonamides is 1. The molecule has 1 aromatic heterocycles. The molecule has 1 saturated heterocycles. The molecule has 2 N–H and O–H groups in total. The molecule has 0 aromatic carbocycles. The quantitative estimate of drug-likeness (QED) is 0.832. The van der Waals surface area contributed by atoms with Gasteiger partial charge in [0.2, 0.25) is 0 Å². The van der Waals surface area contributed by atoms with Crippen LogP contribution < -0.4 is 0 Å². The monoisotopic (exact) mass is 273 g/mol. The molecule has 2 unspecified atom stereocenters. The predicted molar refractivity (Wildman–Crippen MR) is 66.5 cm³/mol. The third-order valence-corrected chi connectivity index (χ3v) is 5.21. The summed E-state index contributed by atoms with van der Waals surface area (Å²) in [5, 5.41) is 9.89. The van der Waals surface area contributed by atoms with Crippen molar-refractivity contribution in [1.82, 2.24) is 14.3 Å². The number of piperidine rings is 1. The van der Waals surface area contributed by atoms with Gasteiger partial charge in [0, 0.05) is 19.5 Å². The Kier molecular flexibility index (Phi) is 3.74. The Labute approximate surface area is 107 Å². The van der Waals surface area contributed by atoms with Gasteiger partial charge in [0.1, 0.15) is 5.82 Å². The van der Waals surface area contributed by atoms with Gasteiger partial charge < -0.3 is 10.1 Å². The number of rotatable bonds is 3. The van der Waals surface area contributed by atoms with E-state index in [-0.39, 0.29) is 17.5 Å². The Bertz CT molecular complexity index is 511. The highest BCUT2D eigenvalue weighted by atomic mass is 32.2. The van der Waals surface area contributed by atoms with Gasteiger partial charge in [-0.2, -0.15) is 4.31 Å². The summed E-state index contributed by atoms with van der Waals surface area (Å²) in [6, 6.07) is 0. The summed E-state index contributed by atoms with van der Waals surface area (Å²) in [7, 11) is -3.55. The molecule has 0 saturated carbocycles. The molecule has 0 radical (unpaired) electrons. The average molecular weight is 273 g/mol. The van der Waals surface area contributed by atoms with Crippen LogP contribution in [0.5, 0.6) is 0 Å². The number of aromatic amines is 1. The highest BCUT2D eigenvalue weighted by molar-refractivity contribution is 7.89. The number of aliphatic hydroxyl groups excluding tert-OH is 1. The zero-order valence-corrected chi connectivity index (χ0v) is 11.4. The summed E-state index contributed by atoms with van der Waals surface area (Å²) in [5.41, 5.74) is 0. The minimum absolute atomic E-state index is 0.112. The lowest BCUT2D eigenvalue weighted by molar-refractivity contribution is 0.0604. The SMILES string of the molecule is CCc1ncc(S(=O)(=O)N2CCC(C)C(O)C2)[nH]1. The van der Waals surface area contributed by atoms with Gasteiger partial charge in [-0.25, -0.2) is 13.4 Å². The smallest absolute Gasteiger partial charge is 0.260 e. The predicted octanol–water partition coefficient (Wildman–Crippen LogP) is 0.364. The van der Waals surface area contributed by atoms with Gasteiger partial charge in [-0.3, -0.25) is 0 Å². The van der Waals surface area contributed by atoms with Crippen molar-refractivity contribution < 1.29 is 13.5 Å². The molecular weight excluding hydrogens is 254 g/mol. The lowest BCUT2D eigenvalue weighted by atomic mass is 9.98. The lowest BCUT2D eigenvalue weighted by Crippen LogP contribution is -2.45. The van der Waals surface area contributed by atoms with Crippen molar-refractivity contribution in [2.75, 3.05) is 13.1 Å². The van der Waals surface area contributed by atoms with Crippen LogP contribution in [0.15, 0.2) is 11.2 Å². The topological polar surface area (TPSA) is 86.3 Å². The number of aromatic nitrogens is 2. The Morgan fingerprint density at radius 1 is 1.61 bits per heavy atom. The second-order valence-corrected chi connectivity index (χ2v) is 6.65. The van der Waals surface area contributed by atoms with Crippen molar-refractivity contribution in [1.29, 1.82) is 0 Å². The van der Waals surface area contributed by atoms with E-state index in [0.717, 1.165) is 0 Å². The molecule has 1 aliphatic heterocycles. The van der Waals surface area contributed by atoms with E-state index in [2.05, 4.69) is 9.97 Å². The van der Waals surface area contributed by atoms with Gasteiger partial charge in [-0.15, -0.1) is 0 Å². The first-order valence-electron chi connectivity index (χ1n) is 6.17. The normalized spacial score (nSPS) is 26.4. The molecule has 7 heteroatoms. The fourth-order valence-electron chi connectivity index (χ4n) is 2.03. The second-order valence-electron chi connectivity index (χ2n) is 4.74. The zero-order chi connectivity index (χ0) is 13.3. The molecular formula is C11H19N3O3S. The van der Waals surface area contributed by atoms with E-state index in [1.165, 1.54) is 10.5 Å². The summed E-state index contributed by atoms with van der Waals surface area (Å²) in [6.45, 7) is 4.44. The Balaban J connectivity index is 2.21. The maximum Gasteiger partial charge on any atom is 0.260 e. The van der Waals surface area contributed by atoms with Crippen molar-refractivity contribution in [2.24, 2.45) is 5.92 Å². The minimum Gasteiger partial charge on any atom is -0.391 e. The Morgan fingerprint density at radius 2 is 2.33 bits per heavy atom. The van der Waals surface area contributed by atoms with Crippen molar-refractivity contribution in [2.45, 2.75) is 37.8 Å². The molecule has 1 aliphatic rings. The molecule has 0 spiro atoms. The molecule has 18 heavy (non-hydrogen) atoms. The van der Waals surface area contributed by atoms with Crippen LogP contribution in [0.4, 0.5) is 0 Å². The highest BCUT2D eigenvalue weighted by Crippen LogP contribution is 2.22. The zero-order valence-electron chi connectivity index (χ0n) is 10.6. The van der Waals surface area contributed by atoms with Crippen LogP contribution in [-0.4, -0.2) is 47.0 Å². The third-order valence-electron chi connectivity index (χ3n) is 3.44. The molecule has 1 aromatic rings. The number of nitrogens with one attached hydrogen (secondary N) is 1. The maximum atomic E-state index is 12.3. The van der Waals surface area contributed by atoms with E-state index in [4.69, 9.17) is 0 Å². The number of hydrogen-bond donors (Lipinski definition) is 2. The fourth-order valence-corrected chi connectivity index (χ4v) is 3.44. The van der Waals surface area contributed by atoms with Crippen LogP contribution in [0.25, 0.3) is 0 Å². The number of β-amino-alcohol motifs (C(OH)–C–C–N with tert-alkyl or cyclic N) is 1. The number of nitrogens with zero attached hydrogens (tertiary/aromatic N) is 2. The van der Waals surface area contributed by atoms with Crippen LogP contribution in [-0.2, 0) is 16.4 Å². The summed E-state index contributed by atoms with van der Waals surface area (Å²) in [4.78, 5) is 6.81. The van der Waals surface area contributed by atoms with Gasteiger partial charge in [0.25, 0.3) is 10.0 Å². The second kappa shape index (κ2) is 4.99. The van der Waals surface area contributed by atoms with E-state index in [1.54, 1.807) is 0 Å². The van der Waals surface area contributed by atoms with Gasteiger partial charge in [-0.1, -0.05) is 13.8 Å². The highest BCUT2D eigenvalue weighted by Gasteiger charge is 2.33. The number of aliphatic hydroxyl groups is 1. The van der Waals surface area contributed by atoms with E-state index < -0.39 is 16.1 Å². The summed E-state index contributed by atoms with van der Waals surface area (Å²) >= 11 is 0. The van der Waals surface area contributed by atoms with Crippen LogP contribution >= 0.6 is 0 Å². The maximum absolute atomic E-state index is 12.3. The molecule has 0 aliphatic carbocycles. The minimum atomic E-state index is -3.55. The van der Waals surface area contributed by atoms with Gasteiger partial charge >= 0.3 is 0 Å². The number of hydrogen-bond acceptors (Lipinski definition) is 4. The first kappa shape index (κ1) is 13.5. The van der Waals surface area contributed by atoms with Crippen molar-refractivity contribution >= 4 is 10.0 Å². The molecule has 6 nitrogen and oxygen atoms in total. The van der Waals surface area contributed by atoms with Crippen LogP contribution in [0.3, 0.4) is 0 Å². The van der Waals surface area contributed by atoms with Crippen molar-refractivity contribution in [3.05, 3.63) is 12.0 Å². The molecule has 0 amide bonds. The Morgan fingerprint density at radius 3 is 2.89 bits per heavy atom. The molecule has 2 atom stereocenters. The van der Waals surface area contributed by atoms with E-state index in [1.807, 2.05) is 13.8 Å².